The highest BCUT2D eigenvalue weighted by Crippen LogP contribution is 2.33. The van der Waals surface area contributed by atoms with Crippen molar-refractivity contribution < 1.29 is 14.3 Å². The molecule has 160 valence electrons. The minimum Gasteiger partial charge on any atom is -0.462 e. The molecular weight excluding hydrogens is 392 g/mol. The number of nitrogens with zero attached hydrogens (tertiary/aromatic N) is 3. The monoisotopic (exact) mass is 418 g/mol. The summed E-state index contributed by atoms with van der Waals surface area (Å²) in [6, 6.07) is 11.5. The van der Waals surface area contributed by atoms with Crippen LogP contribution in [0.25, 0.3) is 10.9 Å². The molecule has 0 spiro atoms. The number of nitrogens with one attached hydrogen (secondary N) is 1. The number of esters is 1. The molecule has 3 heterocycles. The third kappa shape index (κ3) is 4.50. The van der Waals surface area contributed by atoms with Crippen molar-refractivity contribution >= 4 is 34.3 Å². The standard InChI is InChI=1S/C24H26N4O3/c1-3-31-24(30)19-15-25-20-7-5-4-6-18(20)22(19)28-12-10-17(11-13-28)23(29)27-21-9-8-16(2)14-26-21/h4-9,14-15,17H,3,10-13H2,1-2H3,(H,26,27,29). The van der Waals surface area contributed by atoms with E-state index in [9.17, 15) is 9.59 Å². The zero-order valence-corrected chi connectivity index (χ0v) is 17.8. The number of hydrogen-bond donors (Lipinski definition) is 1. The van der Waals surface area contributed by atoms with E-state index in [0.717, 1.165) is 22.2 Å². The third-order valence-electron chi connectivity index (χ3n) is 5.59. The van der Waals surface area contributed by atoms with Crippen molar-refractivity contribution in [3.63, 3.8) is 0 Å². The topological polar surface area (TPSA) is 84.4 Å². The number of piperidine rings is 1. The average molecular weight is 418 g/mol. The Morgan fingerprint density at radius 2 is 1.87 bits per heavy atom. The van der Waals surface area contributed by atoms with E-state index in [1.165, 1.54) is 0 Å². The number of aryl methyl sites for hydroxylation is 1. The molecule has 1 saturated heterocycles. The fourth-order valence-electron chi connectivity index (χ4n) is 3.96. The van der Waals surface area contributed by atoms with Crippen LogP contribution < -0.4 is 10.2 Å². The van der Waals surface area contributed by atoms with Gasteiger partial charge in [-0.3, -0.25) is 9.78 Å². The normalized spacial score (nSPS) is 14.5. The number of ether oxygens (including phenoxy) is 1. The van der Waals surface area contributed by atoms with Crippen LogP contribution in [0.1, 0.15) is 35.7 Å². The second kappa shape index (κ2) is 9.12. The largest absolute Gasteiger partial charge is 0.462 e. The van der Waals surface area contributed by atoms with Crippen molar-refractivity contribution in [2.24, 2.45) is 5.92 Å². The van der Waals surface area contributed by atoms with Gasteiger partial charge in [0.15, 0.2) is 0 Å². The van der Waals surface area contributed by atoms with E-state index in [0.29, 0.717) is 43.9 Å². The molecule has 7 heteroatoms. The number of rotatable bonds is 5. The Morgan fingerprint density at radius 1 is 1.10 bits per heavy atom. The third-order valence-corrected chi connectivity index (χ3v) is 5.59. The minimum atomic E-state index is -0.374. The molecule has 0 atom stereocenters. The van der Waals surface area contributed by atoms with Gasteiger partial charge in [-0.05, 0) is 44.4 Å². The fraction of sp³-hybridized carbons (Fsp3) is 0.333. The number of carbonyl (C=O) groups is 2. The van der Waals surface area contributed by atoms with Crippen LogP contribution >= 0.6 is 0 Å². The molecule has 1 aliphatic heterocycles. The Hall–Kier alpha value is -3.48. The maximum absolute atomic E-state index is 12.7. The molecule has 0 unspecified atom stereocenters. The van der Waals surface area contributed by atoms with E-state index in [1.807, 2.05) is 43.3 Å². The van der Waals surface area contributed by atoms with Gasteiger partial charge < -0.3 is 15.0 Å². The summed E-state index contributed by atoms with van der Waals surface area (Å²) in [7, 11) is 0. The number of pyridine rings is 2. The van der Waals surface area contributed by atoms with E-state index in [4.69, 9.17) is 4.74 Å². The van der Waals surface area contributed by atoms with Gasteiger partial charge in [-0.25, -0.2) is 9.78 Å². The molecular formula is C24H26N4O3. The fourth-order valence-corrected chi connectivity index (χ4v) is 3.96. The highest BCUT2D eigenvalue weighted by atomic mass is 16.5. The molecule has 31 heavy (non-hydrogen) atoms. The smallest absolute Gasteiger partial charge is 0.341 e. The summed E-state index contributed by atoms with van der Waals surface area (Å²) in [5.41, 5.74) is 3.18. The van der Waals surface area contributed by atoms with Crippen LogP contribution in [0.3, 0.4) is 0 Å². The molecule has 0 aliphatic carbocycles. The highest BCUT2D eigenvalue weighted by molar-refractivity contribution is 6.05. The van der Waals surface area contributed by atoms with Gasteiger partial charge in [0.2, 0.25) is 5.91 Å². The van der Waals surface area contributed by atoms with Crippen LogP contribution in [0.2, 0.25) is 0 Å². The first kappa shape index (κ1) is 20.8. The molecule has 1 aliphatic rings. The maximum Gasteiger partial charge on any atom is 0.341 e. The van der Waals surface area contributed by atoms with Gasteiger partial charge in [-0.15, -0.1) is 0 Å². The number of anilines is 2. The first-order valence-electron chi connectivity index (χ1n) is 10.6. The quantitative estimate of drug-likeness (QED) is 0.631. The zero-order valence-electron chi connectivity index (χ0n) is 17.8. The molecule has 2 aromatic heterocycles. The molecule has 1 aromatic carbocycles. The van der Waals surface area contributed by atoms with Gasteiger partial charge in [-0.2, -0.15) is 0 Å². The predicted molar refractivity (Wildman–Crippen MR) is 120 cm³/mol. The Bertz CT molecular complexity index is 1090. The second-order valence-corrected chi connectivity index (χ2v) is 7.73. The lowest BCUT2D eigenvalue weighted by atomic mass is 9.94. The lowest BCUT2D eigenvalue weighted by Crippen LogP contribution is -2.39. The van der Waals surface area contributed by atoms with Gasteiger partial charge in [0.05, 0.1) is 17.8 Å². The lowest BCUT2D eigenvalue weighted by Gasteiger charge is -2.34. The van der Waals surface area contributed by atoms with Crippen LogP contribution in [0.5, 0.6) is 0 Å². The van der Waals surface area contributed by atoms with Gasteiger partial charge in [0.1, 0.15) is 11.4 Å². The predicted octanol–water partition coefficient (Wildman–Crippen LogP) is 3.97. The van der Waals surface area contributed by atoms with Gasteiger partial charge in [-0.1, -0.05) is 24.3 Å². The minimum absolute atomic E-state index is 0.0128. The van der Waals surface area contributed by atoms with E-state index < -0.39 is 0 Å². The molecule has 1 amide bonds. The number of aromatic nitrogens is 2. The number of carbonyl (C=O) groups excluding carboxylic acids is 2. The second-order valence-electron chi connectivity index (χ2n) is 7.73. The average Bonchev–Trinajstić information content (AvgIpc) is 2.80. The summed E-state index contributed by atoms with van der Waals surface area (Å²) in [6.07, 6.45) is 4.72. The van der Waals surface area contributed by atoms with Gasteiger partial charge in [0.25, 0.3) is 0 Å². The Balaban J connectivity index is 1.52. The summed E-state index contributed by atoms with van der Waals surface area (Å²) < 4.78 is 5.27. The molecule has 1 N–H and O–H groups in total. The number of benzene rings is 1. The first-order chi connectivity index (χ1) is 15.1. The van der Waals surface area contributed by atoms with Crippen molar-refractivity contribution in [3.05, 3.63) is 59.9 Å². The number of para-hydroxylation sites is 1. The number of fused-ring (bicyclic) bond motifs is 1. The molecule has 0 bridgehead atoms. The molecule has 1 fully saturated rings. The zero-order chi connectivity index (χ0) is 21.8. The lowest BCUT2D eigenvalue weighted by molar-refractivity contribution is -0.120. The summed E-state index contributed by atoms with van der Waals surface area (Å²) >= 11 is 0. The van der Waals surface area contributed by atoms with Crippen molar-refractivity contribution in [2.45, 2.75) is 26.7 Å². The SMILES string of the molecule is CCOC(=O)c1cnc2ccccc2c1N1CCC(C(=O)Nc2ccc(C)cn2)CC1. The number of amides is 1. The summed E-state index contributed by atoms with van der Waals surface area (Å²) in [5, 5.41) is 3.83. The van der Waals surface area contributed by atoms with E-state index in [1.54, 1.807) is 19.3 Å². The molecule has 7 nitrogen and oxygen atoms in total. The van der Waals surface area contributed by atoms with Gasteiger partial charge in [0, 0.05) is 36.8 Å². The number of hydrogen-bond acceptors (Lipinski definition) is 6. The molecule has 3 aromatic rings. The van der Waals surface area contributed by atoms with E-state index in [2.05, 4.69) is 20.2 Å². The maximum atomic E-state index is 12.7. The van der Waals surface area contributed by atoms with Crippen molar-refractivity contribution in [3.8, 4) is 0 Å². The van der Waals surface area contributed by atoms with Crippen molar-refractivity contribution in [2.75, 3.05) is 29.9 Å². The van der Waals surface area contributed by atoms with Gasteiger partial charge >= 0.3 is 5.97 Å². The van der Waals surface area contributed by atoms with Crippen LogP contribution in [-0.4, -0.2) is 41.5 Å². The van der Waals surface area contributed by atoms with E-state index in [-0.39, 0.29) is 17.8 Å². The van der Waals surface area contributed by atoms with Crippen LogP contribution in [0, 0.1) is 12.8 Å². The molecule has 0 saturated carbocycles. The van der Waals surface area contributed by atoms with E-state index >= 15 is 0 Å². The van der Waals surface area contributed by atoms with Crippen LogP contribution in [0.15, 0.2) is 48.8 Å². The highest BCUT2D eigenvalue weighted by Gasteiger charge is 2.29. The van der Waals surface area contributed by atoms with Crippen LogP contribution in [0.4, 0.5) is 11.5 Å². The van der Waals surface area contributed by atoms with Crippen molar-refractivity contribution in [1.29, 1.82) is 0 Å². The Kier molecular flexibility index (Phi) is 6.11. The van der Waals surface area contributed by atoms with Crippen molar-refractivity contribution in [1.82, 2.24) is 9.97 Å². The summed E-state index contributed by atoms with van der Waals surface area (Å²) in [4.78, 5) is 36.2. The molecule has 4 rings (SSSR count). The Labute approximate surface area is 181 Å². The van der Waals surface area contributed by atoms with Crippen LogP contribution in [-0.2, 0) is 9.53 Å². The summed E-state index contributed by atoms with van der Waals surface area (Å²) in [6.45, 7) is 5.39. The Morgan fingerprint density at radius 3 is 2.58 bits per heavy atom. The first-order valence-corrected chi connectivity index (χ1v) is 10.6. The summed E-state index contributed by atoms with van der Waals surface area (Å²) in [5.74, 6) is 0.0866. The molecule has 0 radical (unpaired) electrons.